The first-order valence-corrected chi connectivity index (χ1v) is 18.3. The van der Waals surface area contributed by atoms with Crippen molar-refractivity contribution in [3.8, 4) is 16.9 Å². The smallest absolute Gasteiger partial charge is 0.337 e. The molecule has 50 heavy (non-hydrogen) atoms. The van der Waals surface area contributed by atoms with Crippen molar-refractivity contribution in [1.29, 1.82) is 0 Å². The van der Waals surface area contributed by atoms with Crippen molar-refractivity contribution in [2.45, 2.75) is 104 Å². The zero-order chi connectivity index (χ0) is 35.8. The first-order valence-electron chi connectivity index (χ1n) is 18.3. The van der Waals surface area contributed by atoms with Crippen molar-refractivity contribution in [3.05, 3.63) is 76.9 Å². The molecule has 3 aromatic rings. The maximum Gasteiger partial charge on any atom is 0.337 e. The predicted molar refractivity (Wildman–Crippen MR) is 196 cm³/mol. The van der Waals surface area contributed by atoms with E-state index in [2.05, 4.69) is 47.7 Å². The molecular formula is C41H55FN4O4. The molecule has 3 atom stereocenters. The monoisotopic (exact) mass is 686 g/mol. The highest BCUT2D eigenvalue weighted by atomic mass is 19.1. The van der Waals surface area contributed by atoms with Crippen molar-refractivity contribution in [3.63, 3.8) is 0 Å². The van der Waals surface area contributed by atoms with E-state index in [1.807, 2.05) is 39.8 Å². The van der Waals surface area contributed by atoms with Gasteiger partial charge in [0.25, 0.3) is 0 Å². The van der Waals surface area contributed by atoms with Gasteiger partial charge in [-0.15, -0.1) is 0 Å². The average Bonchev–Trinajstić information content (AvgIpc) is 3.28. The van der Waals surface area contributed by atoms with Gasteiger partial charge in [0.2, 0.25) is 0 Å². The molecule has 1 N–H and O–H groups in total. The molecule has 4 heterocycles. The minimum absolute atomic E-state index is 0.210. The lowest BCUT2D eigenvalue weighted by Gasteiger charge is -2.42. The third-order valence-electron chi connectivity index (χ3n) is 10.7. The number of nitrogens with zero attached hydrogens (tertiary/aromatic N) is 4. The van der Waals surface area contributed by atoms with E-state index in [-0.39, 0.29) is 11.2 Å². The van der Waals surface area contributed by atoms with Crippen LogP contribution in [0.25, 0.3) is 11.1 Å². The number of piperidine rings is 1. The van der Waals surface area contributed by atoms with Crippen molar-refractivity contribution < 1.29 is 23.8 Å². The van der Waals surface area contributed by atoms with Crippen LogP contribution in [-0.4, -0.2) is 83.4 Å². The topological polar surface area (TPSA) is 78.4 Å². The SMILES string of the molecule is Cc1nc(CN2C3CCC2CN(C)C3)c(-c2ccc(OCCc3ccc(F)cc3)cc2)c(N2CCC(C)(C)CC2)c1[C@H](OC(C)(C)C)C(=O)O. The molecule has 3 aliphatic heterocycles. The molecule has 2 aromatic carbocycles. The number of likely N-dealkylation sites (tertiary alicyclic amines) is 1. The standard InChI is InChI=1S/C41H55FN4O4/c1-27-35(38(39(47)48)50-40(2,3)4)37(45-21-19-41(5,6)20-22-45)36(34(43-27)26-46-31-14-15-32(46)25-44(7)24-31)29-10-16-33(17-11-29)49-23-18-28-8-12-30(42)13-9-28/h8-13,16-17,31-32,38H,14-15,18-26H2,1-7H3,(H,47,48)/t31?,32?,38-/m0/s1. The van der Waals surface area contributed by atoms with Gasteiger partial charge < -0.3 is 24.4 Å². The van der Waals surface area contributed by atoms with Crippen molar-refractivity contribution in [2.75, 3.05) is 44.7 Å². The van der Waals surface area contributed by atoms with Crippen LogP contribution in [0, 0.1) is 18.2 Å². The second-order valence-corrected chi connectivity index (χ2v) is 16.4. The van der Waals surface area contributed by atoms with Crippen LogP contribution in [0.2, 0.25) is 0 Å². The van der Waals surface area contributed by atoms with Gasteiger partial charge in [0.15, 0.2) is 6.10 Å². The van der Waals surface area contributed by atoms with Gasteiger partial charge in [-0.25, -0.2) is 9.18 Å². The zero-order valence-electron chi connectivity index (χ0n) is 31.0. The average molecular weight is 687 g/mol. The summed E-state index contributed by atoms with van der Waals surface area (Å²) in [6.07, 6.45) is 3.87. The van der Waals surface area contributed by atoms with Crippen LogP contribution in [0.1, 0.15) is 88.9 Å². The molecule has 1 aromatic heterocycles. The number of pyridine rings is 1. The Kier molecular flexibility index (Phi) is 10.6. The van der Waals surface area contributed by atoms with E-state index in [9.17, 15) is 14.3 Å². The fraction of sp³-hybridized carbons (Fsp3) is 0.561. The van der Waals surface area contributed by atoms with Gasteiger partial charge in [0.05, 0.1) is 23.6 Å². The largest absolute Gasteiger partial charge is 0.493 e. The normalized spacial score (nSPS) is 21.7. The Hall–Kier alpha value is -3.53. The molecule has 0 amide bonds. The van der Waals surface area contributed by atoms with Crippen LogP contribution in [-0.2, 0) is 22.5 Å². The number of anilines is 1. The minimum atomic E-state index is -1.17. The van der Waals surface area contributed by atoms with E-state index >= 15 is 0 Å². The van der Waals surface area contributed by atoms with Crippen molar-refractivity contribution >= 4 is 11.7 Å². The molecule has 2 unspecified atom stereocenters. The second kappa shape index (κ2) is 14.6. The van der Waals surface area contributed by atoms with Crippen LogP contribution in [0.15, 0.2) is 48.5 Å². The fourth-order valence-electron chi connectivity index (χ4n) is 8.03. The Labute approximate surface area is 297 Å². The molecular weight excluding hydrogens is 631 g/mol. The maximum absolute atomic E-state index is 13.4. The van der Waals surface area contributed by atoms with Crippen LogP contribution < -0.4 is 9.64 Å². The quantitative estimate of drug-likeness (QED) is 0.220. The lowest BCUT2D eigenvalue weighted by atomic mass is 9.81. The highest BCUT2D eigenvalue weighted by molar-refractivity contribution is 5.88. The van der Waals surface area contributed by atoms with Gasteiger partial charge in [-0.1, -0.05) is 38.1 Å². The molecule has 0 aliphatic carbocycles. The number of carbonyl (C=O) groups is 1. The van der Waals surface area contributed by atoms with Crippen LogP contribution in [0.5, 0.6) is 5.75 Å². The molecule has 3 saturated heterocycles. The van der Waals surface area contributed by atoms with Gasteiger partial charge in [-0.2, -0.15) is 0 Å². The number of carboxylic acid groups (broad SMARTS) is 1. The number of piperazine rings is 1. The summed E-state index contributed by atoms with van der Waals surface area (Å²) in [7, 11) is 2.21. The summed E-state index contributed by atoms with van der Waals surface area (Å²) in [5.41, 5.74) is 5.80. The zero-order valence-corrected chi connectivity index (χ0v) is 31.0. The summed E-state index contributed by atoms with van der Waals surface area (Å²) >= 11 is 0. The number of fused-ring (bicyclic) bond motifs is 2. The molecule has 3 aliphatic rings. The molecule has 0 radical (unpaired) electrons. The fourth-order valence-corrected chi connectivity index (χ4v) is 8.03. The Morgan fingerprint density at radius 1 is 1.02 bits per heavy atom. The van der Waals surface area contributed by atoms with Gasteiger partial charge >= 0.3 is 5.97 Å². The Bertz CT molecular complexity index is 1630. The molecule has 6 rings (SSSR count). The highest BCUT2D eigenvalue weighted by Gasteiger charge is 2.41. The number of hydrogen-bond acceptors (Lipinski definition) is 7. The number of rotatable bonds is 11. The summed E-state index contributed by atoms with van der Waals surface area (Å²) < 4.78 is 25.9. The van der Waals surface area contributed by atoms with E-state index in [1.54, 1.807) is 12.1 Å². The first kappa shape index (κ1) is 36.3. The highest BCUT2D eigenvalue weighted by Crippen LogP contribution is 2.46. The molecule has 8 nitrogen and oxygen atoms in total. The number of likely N-dealkylation sites (N-methyl/N-ethyl adjacent to an activating group) is 1. The van der Waals surface area contributed by atoms with Crippen LogP contribution >= 0.6 is 0 Å². The second-order valence-electron chi connectivity index (χ2n) is 16.4. The summed E-state index contributed by atoms with van der Waals surface area (Å²) in [6.45, 7) is 17.2. The van der Waals surface area contributed by atoms with Gasteiger partial charge in [-0.05, 0) is 101 Å². The van der Waals surface area contributed by atoms with E-state index in [1.165, 1.54) is 25.0 Å². The third kappa shape index (κ3) is 8.32. The Balaban J connectivity index is 1.44. The van der Waals surface area contributed by atoms with Gasteiger partial charge in [0.1, 0.15) is 11.6 Å². The number of hydrogen-bond donors (Lipinski definition) is 1. The Morgan fingerprint density at radius 3 is 2.22 bits per heavy atom. The molecule has 2 bridgehead atoms. The molecule has 270 valence electrons. The number of ether oxygens (including phenoxy) is 2. The summed E-state index contributed by atoms with van der Waals surface area (Å²) in [6, 6.07) is 15.6. The number of halogens is 1. The molecule has 9 heteroatoms. The Morgan fingerprint density at radius 2 is 1.64 bits per heavy atom. The van der Waals surface area contributed by atoms with Gasteiger partial charge in [0, 0.05) is 68.0 Å². The third-order valence-corrected chi connectivity index (χ3v) is 10.7. The van der Waals surface area contributed by atoms with Crippen molar-refractivity contribution in [1.82, 2.24) is 14.8 Å². The van der Waals surface area contributed by atoms with E-state index in [0.717, 1.165) is 72.8 Å². The van der Waals surface area contributed by atoms with E-state index < -0.39 is 17.7 Å². The maximum atomic E-state index is 13.4. The lowest BCUT2D eigenvalue weighted by Crippen LogP contribution is -2.51. The van der Waals surface area contributed by atoms with E-state index in [0.29, 0.717) is 42.9 Å². The van der Waals surface area contributed by atoms with Crippen LogP contribution in [0.4, 0.5) is 10.1 Å². The number of aliphatic carboxylic acids is 1. The summed E-state index contributed by atoms with van der Waals surface area (Å²) in [5.74, 6) is -0.509. The molecule has 0 saturated carbocycles. The lowest BCUT2D eigenvalue weighted by molar-refractivity contribution is -0.160. The van der Waals surface area contributed by atoms with E-state index in [4.69, 9.17) is 14.5 Å². The molecule has 0 spiro atoms. The summed E-state index contributed by atoms with van der Waals surface area (Å²) in [5, 5.41) is 10.7. The minimum Gasteiger partial charge on any atom is -0.493 e. The predicted octanol–water partition coefficient (Wildman–Crippen LogP) is 7.66. The summed E-state index contributed by atoms with van der Waals surface area (Å²) in [4.78, 5) is 25.9. The first-order chi connectivity index (χ1) is 23.7. The molecule has 3 fully saturated rings. The number of carboxylic acids is 1. The van der Waals surface area contributed by atoms with Crippen molar-refractivity contribution in [2.24, 2.45) is 5.41 Å². The van der Waals surface area contributed by atoms with Crippen LogP contribution in [0.3, 0.4) is 0 Å². The number of aromatic nitrogens is 1. The number of benzene rings is 2. The van der Waals surface area contributed by atoms with Gasteiger partial charge in [-0.3, -0.25) is 9.88 Å². The number of aryl methyl sites for hydroxylation is 1.